The van der Waals surface area contributed by atoms with Crippen molar-refractivity contribution in [2.75, 3.05) is 6.61 Å². The van der Waals surface area contributed by atoms with Crippen molar-refractivity contribution in [1.82, 2.24) is 0 Å². The van der Waals surface area contributed by atoms with Crippen LogP contribution in [0.4, 0.5) is 11.4 Å². The van der Waals surface area contributed by atoms with Crippen LogP contribution in [0.15, 0.2) is 60.0 Å². The Kier molecular flexibility index (Phi) is 6.13. The summed E-state index contributed by atoms with van der Waals surface area (Å²) in [5.41, 5.74) is -0.989. The highest BCUT2D eigenvalue weighted by atomic mass is 32.1. The lowest BCUT2D eigenvalue weighted by molar-refractivity contribution is -0.394. The number of Topliss-reactive ketones (excluding diaryl/α,β-unsaturated/α-hetero) is 1. The maximum Gasteiger partial charge on any atom is 0.338 e. The van der Waals surface area contributed by atoms with E-state index in [1.54, 1.807) is 17.5 Å². The average Bonchev–Trinajstić information content (AvgIpc) is 3.27. The Morgan fingerprint density at radius 3 is 2.43 bits per heavy atom. The Morgan fingerprint density at radius 2 is 1.77 bits per heavy atom. The average molecular weight is 428 g/mol. The van der Waals surface area contributed by atoms with E-state index >= 15 is 0 Å². The Hall–Kier alpha value is -4.12. The summed E-state index contributed by atoms with van der Waals surface area (Å²) < 4.78 is 10.4. The molecule has 11 heteroatoms. The molecule has 0 saturated heterocycles. The molecular weight excluding hydrogens is 416 g/mol. The zero-order valence-electron chi connectivity index (χ0n) is 15.0. The van der Waals surface area contributed by atoms with E-state index in [9.17, 15) is 29.8 Å². The van der Waals surface area contributed by atoms with Crippen molar-refractivity contribution in [2.45, 2.75) is 0 Å². The number of ketones is 1. The highest BCUT2D eigenvalue weighted by molar-refractivity contribution is 7.12. The fourth-order valence-electron chi connectivity index (χ4n) is 2.38. The molecule has 0 saturated carbocycles. The summed E-state index contributed by atoms with van der Waals surface area (Å²) in [6.45, 7) is -0.432. The van der Waals surface area contributed by atoms with Crippen molar-refractivity contribution in [3.63, 3.8) is 0 Å². The number of nitro benzene ring substituents is 2. The molecule has 2 aromatic carbocycles. The maximum atomic E-state index is 12.2. The summed E-state index contributed by atoms with van der Waals surface area (Å²) >= 11 is 1.23. The van der Waals surface area contributed by atoms with Gasteiger partial charge in [0.2, 0.25) is 11.5 Å². The van der Waals surface area contributed by atoms with E-state index in [0.29, 0.717) is 4.88 Å². The largest absolute Gasteiger partial charge is 0.454 e. The lowest BCUT2D eigenvalue weighted by Crippen LogP contribution is -2.13. The van der Waals surface area contributed by atoms with Crippen molar-refractivity contribution < 1.29 is 28.9 Å². The molecule has 0 unspecified atom stereocenters. The molecule has 3 rings (SSSR count). The van der Waals surface area contributed by atoms with Gasteiger partial charge in [-0.2, -0.15) is 0 Å². The second kappa shape index (κ2) is 8.92. The van der Waals surface area contributed by atoms with Gasteiger partial charge in [-0.15, -0.1) is 11.3 Å². The molecule has 0 aliphatic heterocycles. The molecule has 3 aromatic rings. The van der Waals surface area contributed by atoms with Gasteiger partial charge in [0.05, 0.1) is 26.4 Å². The van der Waals surface area contributed by atoms with Crippen LogP contribution in [0, 0.1) is 20.2 Å². The van der Waals surface area contributed by atoms with Gasteiger partial charge < -0.3 is 9.47 Å². The van der Waals surface area contributed by atoms with E-state index in [0.717, 1.165) is 18.2 Å². The van der Waals surface area contributed by atoms with Gasteiger partial charge in [-0.05, 0) is 35.7 Å². The maximum absolute atomic E-state index is 12.2. The number of hydrogen-bond donors (Lipinski definition) is 0. The van der Waals surface area contributed by atoms with E-state index < -0.39 is 33.8 Å². The Labute approximate surface area is 172 Å². The van der Waals surface area contributed by atoms with Gasteiger partial charge in [-0.3, -0.25) is 25.0 Å². The van der Waals surface area contributed by atoms with E-state index in [1.807, 2.05) is 0 Å². The van der Waals surface area contributed by atoms with Crippen LogP contribution < -0.4 is 4.74 Å². The van der Waals surface area contributed by atoms with E-state index in [2.05, 4.69) is 0 Å². The molecule has 1 heterocycles. The van der Waals surface area contributed by atoms with Crippen molar-refractivity contribution in [2.24, 2.45) is 0 Å². The van der Waals surface area contributed by atoms with Crippen LogP contribution in [0.1, 0.15) is 20.0 Å². The van der Waals surface area contributed by atoms with E-state index in [4.69, 9.17) is 9.47 Å². The minimum atomic E-state index is -0.809. The summed E-state index contributed by atoms with van der Waals surface area (Å²) in [5.74, 6) is -1.27. The van der Waals surface area contributed by atoms with Gasteiger partial charge in [0.25, 0.3) is 5.69 Å². The molecule has 0 aliphatic carbocycles. The zero-order valence-corrected chi connectivity index (χ0v) is 15.9. The molecule has 0 amide bonds. The number of carbonyl (C=O) groups is 2. The molecule has 30 heavy (non-hydrogen) atoms. The van der Waals surface area contributed by atoms with Crippen LogP contribution in [0.5, 0.6) is 11.5 Å². The van der Waals surface area contributed by atoms with Crippen LogP contribution in [0.2, 0.25) is 0 Å². The summed E-state index contributed by atoms with van der Waals surface area (Å²) in [6, 6.07) is 11.9. The second-order valence-corrected chi connectivity index (χ2v) is 6.72. The lowest BCUT2D eigenvalue weighted by atomic mass is 10.2. The van der Waals surface area contributed by atoms with Crippen LogP contribution in [0.25, 0.3) is 0 Å². The minimum absolute atomic E-state index is 0.0658. The summed E-state index contributed by atoms with van der Waals surface area (Å²) in [4.78, 5) is 45.1. The highest BCUT2D eigenvalue weighted by Crippen LogP contribution is 2.34. The number of esters is 1. The number of ether oxygens (including phenoxy) is 2. The number of carbonyl (C=O) groups excluding carboxylic acids is 2. The fourth-order valence-corrected chi connectivity index (χ4v) is 3.04. The van der Waals surface area contributed by atoms with Gasteiger partial charge in [0, 0.05) is 6.07 Å². The summed E-state index contributed by atoms with van der Waals surface area (Å²) in [5, 5.41) is 23.8. The first-order valence-electron chi connectivity index (χ1n) is 8.29. The molecule has 10 nitrogen and oxygen atoms in total. The molecule has 0 radical (unpaired) electrons. The van der Waals surface area contributed by atoms with Crippen molar-refractivity contribution in [3.05, 3.63) is 90.6 Å². The standard InChI is InChI=1S/C19H12N2O8S/c22-16(18-5-2-8-30-18)11-28-19(23)12-3-1-4-14(9-12)29-17-7-6-13(20(24)25)10-15(17)21(26)27/h1-10H,11H2. The number of thiophene rings is 1. The normalized spacial score (nSPS) is 10.3. The first kappa shape index (κ1) is 20.6. The first-order valence-corrected chi connectivity index (χ1v) is 9.17. The number of nitrogens with zero attached hydrogens (tertiary/aromatic N) is 2. The van der Waals surface area contributed by atoms with Crippen molar-refractivity contribution in [3.8, 4) is 11.5 Å². The molecule has 152 valence electrons. The van der Waals surface area contributed by atoms with Gasteiger partial charge in [0.15, 0.2) is 6.61 Å². The fraction of sp³-hybridized carbons (Fsp3) is 0.0526. The summed E-state index contributed by atoms with van der Waals surface area (Å²) in [6.07, 6.45) is 0. The Morgan fingerprint density at radius 1 is 0.967 bits per heavy atom. The second-order valence-electron chi connectivity index (χ2n) is 5.77. The van der Waals surface area contributed by atoms with Crippen LogP contribution in [-0.2, 0) is 4.74 Å². The predicted molar refractivity (Wildman–Crippen MR) is 105 cm³/mol. The molecule has 0 bridgehead atoms. The van der Waals surface area contributed by atoms with Crippen molar-refractivity contribution in [1.29, 1.82) is 0 Å². The van der Waals surface area contributed by atoms with Crippen LogP contribution in [-0.4, -0.2) is 28.2 Å². The van der Waals surface area contributed by atoms with Crippen LogP contribution >= 0.6 is 11.3 Å². The molecular formula is C19H12N2O8S. The van der Waals surface area contributed by atoms with Gasteiger partial charge in [-0.25, -0.2) is 4.79 Å². The molecule has 0 spiro atoms. The first-order chi connectivity index (χ1) is 14.3. The number of hydrogen-bond acceptors (Lipinski definition) is 9. The zero-order chi connectivity index (χ0) is 21.7. The highest BCUT2D eigenvalue weighted by Gasteiger charge is 2.21. The molecule has 0 fully saturated rings. The number of rotatable bonds is 8. The topological polar surface area (TPSA) is 139 Å². The van der Waals surface area contributed by atoms with Gasteiger partial charge in [0.1, 0.15) is 5.75 Å². The predicted octanol–water partition coefficient (Wildman–Crippen LogP) is 4.40. The lowest BCUT2D eigenvalue weighted by Gasteiger charge is -2.08. The third-order valence-corrected chi connectivity index (χ3v) is 4.69. The monoisotopic (exact) mass is 428 g/mol. The van der Waals surface area contributed by atoms with Gasteiger partial charge >= 0.3 is 11.7 Å². The SMILES string of the molecule is O=C(OCC(=O)c1cccs1)c1cccc(Oc2ccc([N+](=O)[O-])cc2[N+](=O)[O-])c1. The Bertz CT molecular complexity index is 1130. The van der Waals surface area contributed by atoms with E-state index in [1.165, 1.54) is 35.6 Å². The van der Waals surface area contributed by atoms with Crippen molar-refractivity contribution >= 4 is 34.5 Å². The molecule has 0 aliphatic rings. The Balaban J connectivity index is 1.74. The van der Waals surface area contributed by atoms with E-state index in [-0.39, 0.29) is 22.8 Å². The molecule has 0 N–H and O–H groups in total. The van der Waals surface area contributed by atoms with Crippen LogP contribution in [0.3, 0.4) is 0 Å². The third kappa shape index (κ3) is 4.83. The quantitative estimate of drug-likeness (QED) is 0.223. The number of nitro groups is 2. The smallest absolute Gasteiger partial charge is 0.338 e. The number of non-ortho nitro benzene ring substituents is 1. The minimum Gasteiger partial charge on any atom is -0.454 e. The van der Waals surface area contributed by atoms with Gasteiger partial charge in [-0.1, -0.05) is 12.1 Å². The number of benzene rings is 2. The molecule has 1 aromatic heterocycles. The molecule has 0 atom stereocenters. The third-order valence-electron chi connectivity index (χ3n) is 3.78. The summed E-state index contributed by atoms with van der Waals surface area (Å²) in [7, 11) is 0.